The van der Waals surface area contributed by atoms with Gasteiger partial charge in [-0.1, -0.05) is 6.42 Å². The molecule has 0 aromatic rings. The van der Waals surface area contributed by atoms with E-state index in [9.17, 15) is 0 Å². The first kappa shape index (κ1) is 8.05. The van der Waals surface area contributed by atoms with Gasteiger partial charge in [-0.25, -0.2) is 0 Å². The largest absolute Gasteiger partial charge is 0.122 e. The monoisotopic (exact) mass is 170 g/mol. The van der Waals surface area contributed by atoms with E-state index < -0.39 is 0 Å². The van der Waals surface area contributed by atoms with Crippen molar-refractivity contribution >= 4 is 8.58 Å². The highest BCUT2D eigenvalue weighted by Crippen LogP contribution is 2.53. The van der Waals surface area contributed by atoms with Gasteiger partial charge in [0.2, 0.25) is 0 Å². The lowest BCUT2D eigenvalue weighted by Crippen LogP contribution is -2.34. The molecule has 0 aromatic heterocycles. The second kappa shape index (κ2) is 3.05. The Balaban J connectivity index is 1.84. The molecule has 0 nitrogen and oxygen atoms in total. The van der Waals surface area contributed by atoms with Gasteiger partial charge in [0.05, 0.1) is 0 Å². The molecule has 2 rings (SSSR count). The Kier molecular flexibility index (Phi) is 2.23. The van der Waals surface area contributed by atoms with Gasteiger partial charge in [0, 0.05) is 0 Å². The molecule has 0 heterocycles. The maximum Gasteiger partial charge on any atom is -0.0239 e. The third-order valence-corrected chi connectivity index (χ3v) is 5.26. The number of hydrogen-bond acceptors (Lipinski definition) is 0. The summed E-state index contributed by atoms with van der Waals surface area (Å²) in [5, 5.41) is 0. The zero-order valence-corrected chi connectivity index (χ0v) is 8.53. The summed E-state index contributed by atoms with van der Waals surface area (Å²) in [6, 6.07) is 0. The third kappa shape index (κ3) is 1.47. The van der Waals surface area contributed by atoms with Crippen molar-refractivity contribution in [1.82, 2.24) is 0 Å². The van der Waals surface area contributed by atoms with E-state index in [0.717, 1.165) is 11.1 Å². The molecule has 0 bridgehead atoms. The molecule has 11 heavy (non-hydrogen) atoms. The zero-order valence-electron chi connectivity index (χ0n) is 7.53. The van der Waals surface area contributed by atoms with Gasteiger partial charge < -0.3 is 0 Å². The highest BCUT2D eigenvalue weighted by atomic mass is 31.1. The molecule has 2 fully saturated rings. The summed E-state index contributed by atoms with van der Waals surface area (Å²) in [5.74, 6) is 0. The maximum atomic E-state index is 2.38. The van der Waals surface area contributed by atoms with Crippen LogP contribution < -0.4 is 0 Å². The fraction of sp³-hybridized carbons (Fsp3) is 1.00. The van der Waals surface area contributed by atoms with Crippen LogP contribution in [0.5, 0.6) is 0 Å². The quantitative estimate of drug-likeness (QED) is 0.529. The summed E-state index contributed by atoms with van der Waals surface area (Å²) in [5.41, 5.74) is 2.00. The fourth-order valence-corrected chi connectivity index (χ4v) is 3.56. The SMILES string of the molecule is CPC1CCC2(CCC2)CC1. The number of rotatable bonds is 1. The van der Waals surface area contributed by atoms with Gasteiger partial charge >= 0.3 is 0 Å². The van der Waals surface area contributed by atoms with E-state index in [1.165, 1.54) is 15.0 Å². The van der Waals surface area contributed by atoms with E-state index in [-0.39, 0.29) is 0 Å². The standard InChI is InChI=1S/C10H19P/c1-11-9-3-7-10(8-4-9)5-2-6-10/h9,11H,2-8H2,1H3. The van der Waals surface area contributed by atoms with E-state index >= 15 is 0 Å². The van der Waals surface area contributed by atoms with Crippen molar-refractivity contribution < 1.29 is 0 Å². The maximum absolute atomic E-state index is 2.38. The molecule has 64 valence electrons. The second-order valence-electron chi connectivity index (χ2n) is 4.42. The van der Waals surface area contributed by atoms with Crippen molar-refractivity contribution in [2.75, 3.05) is 6.66 Å². The predicted molar refractivity (Wildman–Crippen MR) is 52.8 cm³/mol. The first-order chi connectivity index (χ1) is 5.35. The average molecular weight is 170 g/mol. The molecule has 0 aliphatic heterocycles. The van der Waals surface area contributed by atoms with Crippen LogP contribution in [0.1, 0.15) is 44.9 Å². The molecule has 0 saturated heterocycles. The number of hydrogen-bond donors (Lipinski definition) is 0. The van der Waals surface area contributed by atoms with Crippen molar-refractivity contribution in [3.63, 3.8) is 0 Å². The van der Waals surface area contributed by atoms with E-state index in [1.54, 1.807) is 38.5 Å². The molecule has 2 saturated carbocycles. The first-order valence-electron chi connectivity index (χ1n) is 5.02. The summed E-state index contributed by atoms with van der Waals surface area (Å²) in [7, 11) is 1.21. The van der Waals surface area contributed by atoms with Crippen molar-refractivity contribution in [3.05, 3.63) is 0 Å². The molecule has 0 aromatic carbocycles. The van der Waals surface area contributed by atoms with Gasteiger partial charge in [-0.2, -0.15) is 0 Å². The van der Waals surface area contributed by atoms with Crippen molar-refractivity contribution in [3.8, 4) is 0 Å². The van der Waals surface area contributed by atoms with Gasteiger partial charge in [-0.3, -0.25) is 0 Å². The summed E-state index contributed by atoms with van der Waals surface area (Å²) < 4.78 is 0. The molecule has 1 atom stereocenters. The lowest BCUT2D eigenvalue weighted by atomic mass is 9.61. The van der Waals surface area contributed by atoms with E-state index in [4.69, 9.17) is 0 Å². The summed E-state index contributed by atoms with van der Waals surface area (Å²) in [6.45, 7) is 2.38. The Morgan fingerprint density at radius 1 is 1.09 bits per heavy atom. The van der Waals surface area contributed by atoms with Gasteiger partial charge in [-0.05, 0) is 56.3 Å². The van der Waals surface area contributed by atoms with Gasteiger partial charge in [0.15, 0.2) is 0 Å². The Morgan fingerprint density at radius 3 is 2.09 bits per heavy atom. The summed E-state index contributed by atoms with van der Waals surface area (Å²) in [6.07, 6.45) is 10.9. The predicted octanol–water partition coefficient (Wildman–Crippen LogP) is 3.41. The Morgan fingerprint density at radius 2 is 1.73 bits per heavy atom. The third-order valence-electron chi connectivity index (χ3n) is 3.87. The average Bonchev–Trinajstić information content (AvgIpc) is 2.02. The van der Waals surface area contributed by atoms with Crippen LogP contribution in [-0.2, 0) is 0 Å². The molecule has 1 unspecified atom stereocenters. The Bertz CT molecular complexity index is 128. The topological polar surface area (TPSA) is 0 Å². The minimum absolute atomic E-state index is 0.885. The minimum Gasteiger partial charge on any atom is -0.122 e. The van der Waals surface area contributed by atoms with Gasteiger partial charge in [0.25, 0.3) is 0 Å². The van der Waals surface area contributed by atoms with Crippen LogP contribution in [0.15, 0.2) is 0 Å². The molecular weight excluding hydrogens is 151 g/mol. The second-order valence-corrected chi connectivity index (χ2v) is 5.81. The van der Waals surface area contributed by atoms with Crippen molar-refractivity contribution in [1.29, 1.82) is 0 Å². The molecule has 1 spiro atoms. The van der Waals surface area contributed by atoms with Crippen molar-refractivity contribution in [2.24, 2.45) is 5.41 Å². The van der Waals surface area contributed by atoms with Crippen LogP contribution in [-0.4, -0.2) is 12.3 Å². The zero-order chi connectivity index (χ0) is 7.73. The lowest BCUT2D eigenvalue weighted by molar-refractivity contribution is 0.0794. The van der Waals surface area contributed by atoms with E-state index in [2.05, 4.69) is 6.66 Å². The van der Waals surface area contributed by atoms with Crippen LogP contribution in [0.25, 0.3) is 0 Å². The lowest BCUT2D eigenvalue weighted by Gasteiger charge is -2.47. The highest BCUT2D eigenvalue weighted by molar-refractivity contribution is 7.37. The summed E-state index contributed by atoms with van der Waals surface area (Å²) in [4.78, 5) is 0. The van der Waals surface area contributed by atoms with Crippen LogP contribution in [0.2, 0.25) is 0 Å². The highest BCUT2D eigenvalue weighted by Gasteiger charge is 2.39. The van der Waals surface area contributed by atoms with Gasteiger partial charge in [0.1, 0.15) is 0 Å². The Hall–Kier alpha value is 0.430. The van der Waals surface area contributed by atoms with E-state index in [1.807, 2.05) is 0 Å². The molecule has 2 aliphatic carbocycles. The van der Waals surface area contributed by atoms with Crippen molar-refractivity contribution in [2.45, 2.75) is 50.6 Å². The molecule has 1 heteroatoms. The molecule has 2 aliphatic rings. The van der Waals surface area contributed by atoms with Crippen LogP contribution >= 0.6 is 8.58 Å². The van der Waals surface area contributed by atoms with E-state index in [0.29, 0.717) is 0 Å². The molecule has 0 radical (unpaired) electrons. The normalized spacial score (nSPS) is 31.4. The molecular formula is C10H19P. The van der Waals surface area contributed by atoms with Gasteiger partial charge in [-0.15, -0.1) is 8.58 Å². The smallest absolute Gasteiger partial charge is 0.0239 e. The Labute approximate surface area is 71.9 Å². The fourth-order valence-electron chi connectivity index (χ4n) is 2.70. The first-order valence-corrected chi connectivity index (χ1v) is 6.60. The summed E-state index contributed by atoms with van der Waals surface area (Å²) >= 11 is 0. The van der Waals surface area contributed by atoms with Crippen LogP contribution in [0.4, 0.5) is 0 Å². The van der Waals surface area contributed by atoms with Crippen LogP contribution in [0.3, 0.4) is 0 Å². The molecule has 0 N–H and O–H groups in total. The van der Waals surface area contributed by atoms with Crippen LogP contribution in [0, 0.1) is 5.41 Å². The minimum atomic E-state index is 0.885. The molecule has 0 amide bonds.